The summed E-state index contributed by atoms with van der Waals surface area (Å²) < 4.78 is 5.51. The highest BCUT2D eigenvalue weighted by Gasteiger charge is 2.42. The molecule has 0 aromatic carbocycles. The topological polar surface area (TPSA) is 21.3 Å². The van der Waals surface area contributed by atoms with Crippen molar-refractivity contribution >= 4 is 0 Å². The van der Waals surface area contributed by atoms with Gasteiger partial charge in [0, 0.05) is 19.3 Å². The average molecular weight is 239 g/mol. The molecule has 2 atom stereocenters. The van der Waals surface area contributed by atoms with Crippen molar-refractivity contribution < 1.29 is 4.74 Å². The van der Waals surface area contributed by atoms with Gasteiger partial charge in [-0.15, -0.1) is 0 Å². The minimum absolute atomic E-state index is 0.533. The molecule has 2 heteroatoms. The first-order valence-corrected chi connectivity index (χ1v) is 7.46. The third-order valence-electron chi connectivity index (χ3n) is 4.99. The highest BCUT2D eigenvalue weighted by molar-refractivity contribution is 4.95. The minimum Gasteiger partial charge on any atom is -0.381 e. The molecule has 0 aromatic heterocycles. The second-order valence-corrected chi connectivity index (χ2v) is 6.52. The van der Waals surface area contributed by atoms with Gasteiger partial charge in [0.25, 0.3) is 0 Å². The first-order valence-electron chi connectivity index (χ1n) is 7.46. The van der Waals surface area contributed by atoms with Gasteiger partial charge in [-0.05, 0) is 49.5 Å². The summed E-state index contributed by atoms with van der Waals surface area (Å²) in [6.45, 7) is 10.2. The van der Waals surface area contributed by atoms with Gasteiger partial charge in [0.1, 0.15) is 0 Å². The molecule has 1 aliphatic heterocycles. The van der Waals surface area contributed by atoms with Crippen LogP contribution in [0.15, 0.2) is 0 Å². The smallest absolute Gasteiger partial charge is 0.0469 e. The van der Waals surface area contributed by atoms with E-state index < -0.39 is 0 Å². The molecule has 0 amide bonds. The van der Waals surface area contributed by atoms with Gasteiger partial charge < -0.3 is 10.1 Å². The van der Waals surface area contributed by atoms with Crippen LogP contribution in [0.4, 0.5) is 0 Å². The Labute approximate surface area is 107 Å². The quantitative estimate of drug-likeness (QED) is 0.813. The van der Waals surface area contributed by atoms with E-state index in [9.17, 15) is 0 Å². The molecule has 17 heavy (non-hydrogen) atoms. The summed E-state index contributed by atoms with van der Waals surface area (Å²) in [6, 6.07) is 0.724. The molecule has 0 bridgehead atoms. The van der Waals surface area contributed by atoms with E-state index in [1.165, 1.54) is 32.1 Å². The molecule has 2 fully saturated rings. The Hall–Kier alpha value is -0.0800. The predicted molar refractivity (Wildman–Crippen MR) is 72.1 cm³/mol. The first kappa shape index (κ1) is 13.4. The van der Waals surface area contributed by atoms with Crippen molar-refractivity contribution in [3.63, 3.8) is 0 Å². The van der Waals surface area contributed by atoms with Gasteiger partial charge in [-0.25, -0.2) is 0 Å². The van der Waals surface area contributed by atoms with Crippen LogP contribution in [0.2, 0.25) is 0 Å². The van der Waals surface area contributed by atoms with Gasteiger partial charge in [0.05, 0.1) is 0 Å². The Bertz CT molecular complexity index is 233. The average Bonchev–Trinajstić information content (AvgIpc) is 2.67. The van der Waals surface area contributed by atoms with Crippen molar-refractivity contribution in [1.29, 1.82) is 0 Å². The van der Waals surface area contributed by atoms with E-state index >= 15 is 0 Å². The molecule has 2 nitrogen and oxygen atoms in total. The largest absolute Gasteiger partial charge is 0.381 e. The Kier molecular flexibility index (Phi) is 4.48. The third-order valence-corrected chi connectivity index (χ3v) is 4.99. The molecule has 1 aliphatic carbocycles. The van der Waals surface area contributed by atoms with E-state index in [1.807, 2.05) is 0 Å². The molecular weight excluding hydrogens is 210 g/mol. The zero-order valence-electron chi connectivity index (χ0n) is 11.8. The lowest BCUT2D eigenvalue weighted by Crippen LogP contribution is -2.47. The molecule has 0 aromatic rings. The van der Waals surface area contributed by atoms with E-state index in [1.54, 1.807) is 0 Å². The fourth-order valence-corrected chi connectivity index (χ4v) is 3.97. The van der Waals surface area contributed by atoms with Crippen LogP contribution in [0.1, 0.15) is 52.9 Å². The van der Waals surface area contributed by atoms with Crippen molar-refractivity contribution in [3.05, 3.63) is 0 Å². The molecule has 1 heterocycles. The summed E-state index contributed by atoms with van der Waals surface area (Å²) in [5.74, 6) is 1.71. The molecule has 1 saturated carbocycles. The van der Waals surface area contributed by atoms with Crippen LogP contribution >= 0.6 is 0 Å². The van der Waals surface area contributed by atoms with Gasteiger partial charge in [-0.2, -0.15) is 0 Å². The maximum atomic E-state index is 5.51. The zero-order valence-corrected chi connectivity index (χ0v) is 11.8. The fourth-order valence-electron chi connectivity index (χ4n) is 3.97. The Morgan fingerprint density at radius 3 is 2.47 bits per heavy atom. The van der Waals surface area contributed by atoms with Gasteiger partial charge in [0.15, 0.2) is 0 Å². The van der Waals surface area contributed by atoms with Crippen LogP contribution in [0, 0.1) is 17.3 Å². The molecule has 2 unspecified atom stereocenters. The highest BCUT2D eigenvalue weighted by Crippen LogP contribution is 2.46. The first-order chi connectivity index (χ1) is 8.15. The van der Waals surface area contributed by atoms with Crippen LogP contribution in [0.25, 0.3) is 0 Å². The van der Waals surface area contributed by atoms with E-state index in [4.69, 9.17) is 4.74 Å². The maximum absolute atomic E-state index is 5.51. The SMILES string of the molecule is CCNC(C1CCOCC1)C1CCCC1(C)C. The lowest BCUT2D eigenvalue weighted by molar-refractivity contribution is 0.0333. The Morgan fingerprint density at radius 1 is 1.24 bits per heavy atom. The number of rotatable bonds is 4. The number of ether oxygens (including phenoxy) is 1. The lowest BCUT2D eigenvalue weighted by Gasteiger charge is -2.40. The van der Waals surface area contributed by atoms with E-state index in [2.05, 4.69) is 26.1 Å². The van der Waals surface area contributed by atoms with Crippen molar-refractivity contribution in [1.82, 2.24) is 5.32 Å². The van der Waals surface area contributed by atoms with E-state index in [-0.39, 0.29) is 0 Å². The third kappa shape index (κ3) is 3.03. The molecule has 1 N–H and O–H groups in total. The monoisotopic (exact) mass is 239 g/mol. The molecular formula is C15H29NO. The zero-order chi connectivity index (χ0) is 12.3. The summed E-state index contributed by atoms with van der Waals surface area (Å²) in [4.78, 5) is 0. The van der Waals surface area contributed by atoms with E-state index in [0.29, 0.717) is 5.41 Å². The number of hydrogen-bond acceptors (Lipinski definition) is 2. The number of hydrogen-bond donors (Lipinski definition) is 1. The second-order valence-electron chi connectivity index (χ2n) is 6.52. The second kappa shape index (κ2) is 5.71. The van der Waals surface area contributed by atoms with Crippen LogP contribution in [0.5, 0.6) is 0 Å². The summed E-state index contributed by atoms with van der Waals surface area (Å²) in [5, 5.41) is 3.79. The Morgan fingerprint density at radius 2 is 1.94 bits per heavy atom. The van der Waals surface area contributed by atoms with Crippen LogP contribution in [-0.4, -0.2) is 25.8 Å². The fraction of sp³-hybridized carbons (Fsp3) is 1.00. The van der Waals surface area contributed by atoms with Gasteiger partial charge in [-0.3, -0.25) is 0 Å². The van der Waals surface area contributed by atoms with Crippen molar-refractivity contribution in [2.24, 2.45) is 17.3 Å². The highest BCUT2D eigenvalue weighted by atomic mass is 16.5. The summed E-state index contributed by atoms with van der Waals surface area (Å²) in [6.07, 6.45) is 6.75. The van der Waals surface area contributed by atoms with Gasteiger partial charge >= 0.3 is 0 Å². The van der Waals surface area contributed by atoms with E-state index in [0.717, 1.165) is 37.6 Å². The molecule has 100 valence electrons. The van der Waals surface area contributed by atoms with Crippen molar-refractivity contribution in [2.75, 3.05) is 19.8 Å². The standard InChI is InChI=1S/C15H29NO/c1-4-16-14(12-7-10-17-11-8-12)13-6-5-9-15(13,2)3/h12-14,16H,4-11H2,1-3H3. The molecule has 1 saturated heterocycles. The summed E-state index contributed by atoms with van der Waals surface area (Å²) >= 11 is 0. The van der Waals surface area contributed by atoms with Crippen LogP contribution in [0.3, 0.4) is 0 Å². The normalized spacial score (nSPS) is 31.6. The van der Waals surface area contributed by atoms with Gasteiger partial charge in [-0.1, -0.05) is 27.2 Å². The molecule has 0 radical (unpaired) electrons. The molecule has 2 rings (SSSR count). The predicted octanol–water partition coefficient (Wildman–Crippen LogP) is 3.22. The number of nitrogens with one attached hydrogen (secondary N) is 1. The minimum atomic E-state index is 0.533. The van der Waals surface area contributed by atoms with Crippen LogP contribution in [-0.2, 0) is 4.74 Å². The molecule has 2 aliphatic rings. The van der Waals surface area contributed by atoms with Gasteiger partial charge in [0.2, 0.25) is 0 Å². The lowest BCUT2D eigenvalue weighted by atomic mass is 9.72. The summed E-state index contributed by atoms with van der Waals surface area (Å²) in [7, 11) is 0. The summed E-state index contributed by atoms with van der Waals surface area (Å²) in [5.41, 5.74) is 0.533. The van der Waals surface area contributed by atoms with Crippen molar-refractivity contribution in [3.8, 4) is 0 Å². The van der Waals surface area contributed by atoms with Crippen molar-refractivity contribution in [2.45, 2.75) is 58.9 Å². The molecule has 0 spiro atoms. The van der Waals surface area contributed by atoms with Crippen LogP contribution < -0.4 is 5.32 Å². The maximum Gasteiger partial charge on any atom is 0.0469 e. The Balaban J connectivity index is 2.04.